The summed E-state index contributed by atoms with van der Waals surface area (Å²) >= 11 is 0. The van der Waals surface area contributed by atoms with Gasteiger partial charge in [-0.1, -0.05) is 0 Å². The number of allylic oxidation sites excluding steroid dienone is 2. The number of carboxylic acid groups (broad SMARTS) is 1. The van der Waals surface area contributed by atoms with Crippen molar-refractivity contribution >= 4 is 5.97 Å². The third-order valence-corrected chi connectivity index (χ3v) is 2.42. The second kappa shape index (κ2) is 2.81. The van der Waals surface area contributed by atoms with Crippen LogP contribution < -0.4 is 0 Å². The lowest BCUT2D eigenvalue weighted by atomic mass is 10.0. The van der Waals surface area contributed by atoms with Gasteiger partial charge in [-0.25, -0.2) is 0 Å². The van der Waals surface area contributed by atoms with Crippen molar-refractivity contribution in [3.8, 4) is 0 Å². The van der Waals surface area contributed by atoms with Gasteiger partial charge in [-0.3, -0.25) is 4.79 Å². The van der Waals surface area contributed by atoms with Crippen molar-refractivity contribution < 1.29 is 14.6 Å². The number of rotatable bonds is 1. The molecule has 1 saturated carbocycles. The van der Waals surface area contributed by atoms with Crippen LogP contribution in [0.5, 0.6) is 0 Å². The molecule has 0 amide bonds. The molecule has 1 aliphatic carbocycles. The van der Waals surface area contributed by atoms with Crippen LogP contribution in [-0.2, 0) is 9.53 Å². The van der Waals surface area contributed by atoms with E-state index in [-0.39, 0.29) is 5.92 Å². The molecular formula is C9H12O3. The molecule has 0 radical (unpaired) electrons. The SMILES string of the molecule is O=C(O)C1CCC(=C2CC2)OC1. The molecule has 1 heterocycles. The first kappa shape index (κ1) is 7.65. The lowest BCUT2D eigenvalue weighted by Crippen LogP contribution is -2.23. The third-order valence-electron chi connectivity index (χ3n) is 2.42. The molecule has 1 saturated heterocycles. The number of carboxylic acids is 1. The Hall–Kier alpha value is -0.990. The van der Waals surface area contributed by atoms with Crippen LogP contribution in [0, 0.1) is 5.92 Å². The van der Waals surface area contributed by atoms with Gasteiger partial charge in [0, 0.05) is 6.42 Å². The average molecular weight is 168 g/mol. The number of hydrogen-bond acceptors (Lipinski definition) is 2. The lowest BCUT2D eigenvalue weighted by molar-refractivity contribution is -0.144. The molecule has 3 heteroatoms. The highest BCUT2D eigenvalue weighted by molar-refractivity contribution is 5.70. The fourth-order valence-electron chi connectivity index (χ4n) is 1.48. The van der Waals surface area contributed by atoms with E-state index in [0.717, 1.165) is 31.4 Å². The van der Waals surface area contributed by atoms with E-state index in [4.69, 9.17) is 9.84 Å². The van der Waals surface area contributed by atoms with Gasteiger partial charge in [-0.2, -0.15) is 0 Å². The first-order chi connectivity index (χ1) is 5.77. The monoisotopic (exact) mass is 168 g/mol. The average Bonchev–Trinajstić information content (AvgIpc) is 2.87. The fraction of sp³-hybridized carbons (Fsp3) is 0.667. The Morgan fingerprint density at radius 2 is 2.17 bits per heavy atom. The molecule has 0 bridgehead atoms. The quantitative estimate of drug-likeness (QED) is 0.646. The van der Waals surface area contributed by atoms with Gasteiger partial charge in [0.2, 0.25) is 0 Å². The summed E-state index contributed by atoms with van der Waals surface area (Å²) in [5.74, 6) is 0.0652. The standard InChI is InChI=1S/C9H12O3/c10-9(11)7-3-4-8(12-5-7)6-1-2-6/h7H,1-5H2,(H,10,11). The Kier molecular flexibility index (Phi) is 1.79. The minimum Gasteiger partial charge on any atom is -0.497 e. The highest BCUT2D eigenvalue weighted by atomic mass is 16.5. The Labute approximate surface area is 71.0 Å². The third kappa shape index (κ3) is 1.44. The highest BCUT2D eigenvalue weighted by Gasteiger charge is 2.27. The summed E-state index contributed by atoms with van der Waals surface area (Å²) in [5, 5.41) is 8.68. The van der Waals surface area contributed by atoms with Gasteiger partial charge < -0.3 is 9.84 Å². The molecule has 1 atom stereocenters. The summed E-state index contributed by atoms with van der Waals surface area (Å²) in [6.45, 7) is 0.369. The normalized spacial score (nSPS) is 28.2. The van der Waals surface area contributed by atoms with Crippen LogP contribution in [0.2, 0.25) is 0 Å². The minimum atomic E-state index is -0.727. The summed E-state index contributed by atoms with van der Waals surface area (Å²) in [5.41, 5.74) is 1.40. The van der Waals surface area contributed by atoms with Crippen molar-refractivity contribution in [2.45, 2.75) is 25.7 Å². The molecule has 2 aliphatic rings. The number of ether oxygens (including phenoxy) is 1. The molecule has 12 heavy (non-hydrogen) atoms. The van der Waals surface area contributed by atoms with Crippen LogP contribution in [0.25, 0.3) is 0 Å². The van der Waals surface area contributed by atoms with Crippen molar-refractivity contribution in [3.63, 3.8) is 0 Å². The van der Waals surface area contributed by atoms with Crippen LogP contribution in [-0.4, -0.2) is 17.7 Å². The Morgan fingerprint density at radius 3 is 2.58 bits per heavy atom. The van der Waals surface area contributed by atoms with E-state index in [2.05, 4.69) is 0 Å². The second-order valence-electron chi connectivity index (χ2n) is 3.41. The van der Waals surface area contributed by atoms with E-state index in [9.17, 15) is 4.79 Å². The van der Waals surface area contributed by atoms with Crippen LogP contribution in [0.3, 0.4) is 0 Å². The van der Waals surface area contributed by atoms with Crippen LogP contribution in [0.4, 0.5) is 0 Å². The second-order valence-corrected chi connectivity index (χ2v) is 3.41. The highest BCUT2D eigenvalue weighted by Crippen LogP contribution is 2.36. The number of aliphatic carboxylic acids is 1. The molecule has 66 valence electrons. The Morgan fingerprint density at radius 1 is 1.42 bits per heavy atom. The summed E-state index contributed by atoms with van der Waals surface area (Å²) in [4.78, 5) is 10.6. The molecular weight excluding hydrogens is 156 g/mol. The van der Waals surface area contributed by atoms with Crippen molar-refractivity contribution in [2.75, 3.05) is 6.61 Å². The first-order valence-electron chi connectivity index (χ1n) is 4.34. The van der Waals surface area contributed by atoms with Crippen LogP contribution in [0.1, 0.15) is 25.7 Å². The van der Waals surface area contributed by atoms with Crippen molar-refractivity contribution in [1.29, 1.82) is 0 Å². The lowest BCUT2D eigenvalue weighted by Gasteiger charge is -2.21. The molecule has 1 unspecified atom stereocenters. The molecule has 3 nitrogen and oxygen atoms in total. The van der Waals surface area contributed by atoms with Gasteiger partial charge in [0.05, 0.1) is 11.7 Å². The maximum Gasteiger partial charge on any atom is 0.309 e. The predicted molar refractivity (Wildman–Crippen MR) is 42.6 cm³/mol. The maximum absolute atomic E-state index is 10.6. The van der Waals surface area contributed by atoms with Crippen LogP contribution in [0.15, 0.2) is 11.3 Å². The Bertz CT molecular complexity index is 226. The summed E-state index contributed by atoms with van der Waals surface area (Å²) in [7, 11) is 0. The van der Waals surface area contributed by atoms with Gasteiger partial charge in [0.15, 0.2) is 0 Å². The molecule has 2 fully saturated rings. The molecule has 0 aromatic heterocycles. The number of carbonyl (C=O) groups is 1. The van der Waals surface area contributed by atoms with Gasteiger partial charge in [-0.15, -0.1) is 0 Å². The molecule has 0 aromatic rings. The van der Waals surface area contributed by atoms with Crippen LogP contribution >= 0.6 is 0 Å². The van der Waals surface area contributed by atoms with E-state index in [1.54, 1.807) is 0 Å². The molecule has 1 N–H and O–H groups in total. The summed E-state index contributed by atoms with van der Waals surface area (Å²) in [6, 6.07) is 0. The van der Waals surface area contributed by atoms with Crippen molar-refractivity contribution in [3.05, 3.63) is 11.3 Å². The summed E-state index contributed by atoms with van der Waals surface area (Å²) < 4.78 is 5.37. The van der Waals surface area contributed by atoms with E-state index in [1.807, 2.05) is 0 Å². The van der Waals surface area contributed by atoms with Crippen molar-refractivity contribution in [2.24, 2.45) is 5.92 Å². The number of hydrogen-bond donors (Lipinski definition) is 1. The van der Waals surface area contributed by atoms with Gasteiger partial charge in [0.1, 0.15) is 6.61 Å². The molecule has 0 spiro atoms. The van der Waals surface area contributed by atoms with Gasteiger partial charge in [-0.05, 0) is 24.8 Å². The molecule has 0 aromatic carbocycles. The largest absolute Gasteiger partial charge is 0.497 e. The van der Waals surface area contributed by atoms with E-state index >= 15 is 0 Å². The molecule has 2 rings (SSSR count). The zero-order chi connectivity index (χ0) is 8.55. The minimum absolute atomic E-state index is 0.284. The maximum atomic E-state index is 10.6. The van der Waals surface area contributed by atoms with Gasteiger partial charge >= 0.3 is 5.97 Å². The predicted octanol–water partition coefficient (Wildman–Crippen LogP) is 1.55. The van der Waals surface area contributed by atoms with Crippen molar-refractivity contribution in [1.82, 2.24) is 0 Å². The first-order valence-corrected chi connectivity index (χ1v) is 4.34. The van der Waals surface area contributed by atoms with E-state index < -0.39 is 5.97 Å². The zero-order valence-electron chi connectivity index (χ0n) is 6.88. The van der Waals surface area contributed by atoms with E-state index in [1.165, 1.54) is 5.57 Å². The van der Waals surface area contributed by atoms with Gasteiger partial charge in [0.25, 0.3) is 0 Å². The fourth-order valence-corrected chi connectivity index (χ4v) is 1.48. The smallest absolute Gasteiger partial charge is 0.309 e. The van der Waals surface area contributed by atoms with E-state index in [0.29, 0.717) is 6.61 Å². The topological polar surface area (TPSA) is 46.5 Å². The molecule has 1 aliphatic heterocycles. The summed E-state index contributed by atoms with van der Waals surface area (Å²) in [6.07, 6.45) is 3.89. The zero-order valence-corrected chi connectivity index (χ0v) is 6.88. The Balaban J connectivity index is 1.93.